The Hall–Kier alpha value is -5.00. The fraction of sp³-hybridized carbons (Fsp3) is 0.478. The molecular formula is C46H52N4O7. The van der Waals surface area contributed by atoms with E-state index in [1.807, 2.05) is 42.5 Å². The lowest BCUT2D eigenvalue weighted by Crippen LogP contribution is -2.48. The van der Waals surface area contributed by atoms with Gasteiger partial charge >= 0.3 is 0 Å². The fourth-order valence-electron chi connectivity index (χ4n) is 11.2. The Kier molecular flexibility index (Phi) is 10.1. The van der Waals surface area contributed by atoms with Crippen molar-refractivity contribution in [2.24, 2.45) is 29.6 Å². The number of amides is 4. The topological polar surface area (TPSA) is 120 Å². The van der Waals surface area contributed by atoms with E-state index in [0.29, 0.717) is 55.6 Å². The minimum atomic E-state index is -0.774. The molecule has 4 saturated heterocycles. The molecule has 0 spiro atoms. The van der Waals surface area contributed by atoms with Crippen molar-refractivity contribution in [1.29, 1.82) is 0 Å². The molecule has 0 unspecified atom stereocenters. The molecule has 4 amide bonds. The third-order valence-corrected chi connectivity index (χ3v) is 13.9. The molecule has 57 heavy (non-hydrogen) atoms. The number of fused-ring (bicyclic) bond motifs is 4. The summed E-state index contributed by atoms with van der Waals surface area (Å²) >= 11 is 0. The number of benzene rings is 3. The number of ether oxygens (including phenoxy) is 2. The zero-order valence-corrected chi connectivity index (χ0v) is 32.8. The summed E-state index contributed by atoms with van der Waals surface area (Å²) in [5.41, 5.74) is 3.73. The first kappa shape index (κ1) is 37.6. The van der Waals surface area contributed by atoms with Crippen LogP contribution in [0.1, 0.15) is 61.1 Å². The van der Waals surface area contributed by atoms with E-state index in [2.05, 4.69) is 34.1 Å². The molecule has 2 aliphatic carbocycles. The second kappa shape index (κ2) is 15.4. The molecule has 4 heterocycles. The fourth-order valence-corrected chi connectivity index (χ4v) is 11.2. The Morgan fingerprint density at radius 2 is 1.16 bits per heavy atom. The van der Waals surface area contributed by atoms with Crippen molar-refractivity contribution >= 4 is 23.6 Å². The Bertz CT molecular complexity index is 2060. The van der Waals surface area contributed by atoms with Crippen LogP contribution in [0.5, 0.6) is 17.2 Å². The van der Waals surface area contributed by atoms with Gasteiger partial charge in [0.2, 0.25) is 23.6 Å². The van der Waals surface area contributed by atoms with Crippen LogP contribution in [-0.2, 0) is 32.3 Å². The average Bonchev–Trinajstić information content (AvgIpc) is 3.64. The highest BCUT2D eigenvalue weighted by Gasteiger charge is 2.63. The molecule has 4 aliphatic heterocycles. The van der Waals surface area contributed by atoms with Crippen molar-refractivity contribution in [3.63, 3.8) is 0 Å². The Balaban J connectivity index is 1.00. The van der Waals surface area contributed by atoms with Crippen LogP contribution in [0, 0.1) is 29.6 Å². The summed E-state index contributed by atoms with van der Waals surface area (Å²) in [6, 6.07) is 23.4. The van der Waals surface area contributed by atoms with Crippen LogP contribution >= 0.6 is 0 Å². The minimum Gasteiger partial charge on any atom is -0.507 e. The summed E-state index contributed by atoms with van der Waals surface area (Å²) in [5.74, 6) is -3.84. The standard InChI is InChI=1S/C46H52N4O7/c1-56-32-23-37(51)42(38(24-32)57-2)40-33-13-14-34-39(45(54)49(43(34)52)30-15-19-47(20-16-30)26-28-9-5-3-6-10-28)35(33)25-36-41(40)46(55)50(44(36)53)31-17-21-48(22-18-31)27-29-11-7-4-8-12-29/h3-13,23-24,30-31,34-36,39-41,51H,14-22,25-27H2,1-2H3/t34-,35+,36+,39-,40-,41+/m0/s1. The largest absolute Gasteiger partial charge is 0.507 e. The van der Waals surface area contributed by atoms with Crippen molar-refractivity contribution in [2.75, 3.05) is 40.4 Å². The number of likely N-dealkylation sites (tertiary alicyclic amines) is 4. The van der Waals surface area contributed by atoms with Crippen LogP contribution in [0.15, 0.2) is 84.4 Å². The molecule has 0 radical (unpaired) electrons. The Morgan fingerprint density at radius 1 is 0.632 bits per heavy atom. The summed E-state index contributed by atoms with van der Waals surface area (Å²) in [6.07, 6.45) is 5.49. The molecule has 298 valence electrons. The number of hydrogen-bond donors (Lipinski definition) is 1. The molecular weight excluding hydrogens is 721 g/mol. The second-order valence-electron chi connectivity index (χ2n) is 16.9. The van der Waals surface area contributed by atoms with E-state index in [4.69, 9.17) is 9.47 Å². The molecule has 6 atom stereocenters. The third kappa shape index (κ3) is 6.62. The molecule has 3 aromatic rings. The first-order valence-corrected chi connectivity index (χ1v) is 20.7. The molecule has 11 nitrogen and oxygen atoms in total. The van der Waals surface area contributed by atoms with Crippen LogP contribution in [0.4, 0.5) is 0 Å². The summed E-state index contributed by atoms with van der Waals surface area (Å²) in [6.45, 7) is 4.75. The summed E-state index contributed by atoms with van der Waals surface area (Å²) in [7, 11) is 3.02. The number of imide groups is 2. The van der Waals surface area contributed by atoms with Gasteiger partial charge in [-0.25, -0.2) is 0 Å². The lowest BCUT2D eigenvalue weighted by molar-refractivity contribution is -0.146. The van der Waals surface area contributed by atoms with E-state index >= 15 is 0 Å². The highest BCUT2D eigenvalue weighted by molar-refractivity contribution is 6.08. The predicted octanol–water partition coefficient (Wildman–Crippen LogP) is 5.37. The van der Waals surface area contributed by atoms with E-state index in [0.717, 1.165) is 44.8 Å². The predicted molar refractivity (Wildman–Crippen MR) is 212 cm³/mol. The first-order valence-electron chi connectivity index (χ1n) is 20.7. The monoisotopic (exact) mass is 772 g/mol. The van der Waals surface area contributed by atoms with Gasteiger partial charge in [0.1, 0.15) is 17.2 Å². The minimum absolute atomic E-state index is 0.0933. The maximum atomic E-state index is 14.8. The number of nitrogens with zero attached hydrogens (tertiary/aromatic N) is 4. The Morgan fingerprint density at radius 3 is 1.68 bits per heavy atom. The number of phenols is 1. The van der Waals surface area contributed by atoms with E-state index in [1.54, 1.807) is 11.0 Å². The van der Waals surface area contributed by atoms with E-state index in [1.165, 1.54) is 36.3 Å². The van der Waals surface area contributed by atoms with Crippen molar-refractivity contribution in [3.05, 3.63) is 101 Å². The van der Waals surface area contributed by atoms with Gasteiger partial charge in [0.25, 0.3) is 0 Å². The van der Waals surface area contributed by atoms with Crippen LogP contribution in [-0.4, -0.2) is 101 Å². The zero-order chi connectivity index (χ0) is 39.4. The van der Waals surface area contributed by atoms with Crippen molar-refractivity contribution in [2.45, 2.75) is 69.6 Å². The molecule has 6 aliphatic rings. The Labute approximate surface area is 334 Å². The maximum Gasteiger partial charge on any atom is 0.234 e. The number of methoxy groups -OCH3 is 2. The van der Waals surface area contributed by atoms with Gasteiger partial charge < -0.3 is 14.6 Å². The van der Waals surface area contributed by atoms with Crippen molar-refractivity contribution in [3.8, 4) is 17.2 Å². The van der Waals surface area contributed by atoms with Gasteiger partial charge in [-0.15, -0.1) is 0 Å². The lowest BCUT2D eigenvalue weighted by atomic mass is 9.57. The van der Waals surface area contributed by atoms with Gasteiger partial charge in [0.15, 0.2) is 0 Å². The zero-order valence-electron chi connectivity index (χ0n) is 32.8. The van der Waals surface area contributed by atoms with Crippen LogP contribution in [0.25, 0.3) is 0 Å². The van der Waals surface area contributed by atoms with Gasteiger partial charge in [-0.1, -0.05) is 72.3 Å². The number of phenolic OH excluding ortho intramolecular Hbond substituents is 1. The molecule has 1 saturated carbocycles. The number of carbonyl (C=O) groups excluding carboxylic acids is 4. The summed E-state index contributed by atoms with van der Waals surface area (Å²) in [5, 5.41) is 11.7. The quantitative estimate of drug-likeness (QED) is 0.226. The third-order valence-electron chi connectivity index (χ3n) is 13.9. The van der Waals surface area contributed by atoms with Crippen LogP contribution in [0.3, 0.4) is 0 Å². The molecule has 3 aromatic carbocycles. The summed E-state index contributed by atoms with van der Waals surface area (Å²) in [4.78, 5) is 66.4. The number of rotatable bonds is 9. The van der Waals surface area contributed by atoms with E-state index < -0.39 is 35.5 Å². The average molecular weight is 773 g/mol. The van der Waals surface area contributed by atoms with Gasteiger partial charge in [0.05, 0.1) is 37.9 Å². The number of allylic oxidation sites excluding steroid dienone is 2. The molecule has 1 N–H and O–H groups in total. The number of hydrogen-bond acceptors (Lipinski definition) is 9. The van der Waals surface area contributed by atoms with Crippen LogP contribution < -0.4 is 9.47 Å². The highest BCUT2D eigenvalue weighted by Crippen LogP contribution is 2.61. The maximum absolute atomic E-state index is 14.8. The van der Waals surface area contributed by atoms with Gasteiger partial charge in [-0.05, 0) is 55.6 Å². The second-order valence-corrected chi connectivity index (χ2v) is 16.9. The molecule has 9 rings (SSSR count). The molecule has 0 bridgehead atoms. The number of carbonyl (C=O) groups is 4. The number of aromatic hydroxyl groups is 1. The van der Waals surface area contributed by atoms with Crippen molar-refractivity contribution in [1.82, 2.24) is 19.6 Å². The first-order chi connectivity index (χ1) is 27.7. The molecule has 11 heteroatoms. The molecule has 0 aromatic heterocycles. The van der Waals surface area contributed by atoms with E-state index in [9.17, 15) is 24.3 Å². The number of piperidine rings is 2. The smallest absolute Gasteiger partial charge is 0.234 e. The van der Waals surface area contributed by atoms with E-state index in [-0.39, 0.29) is 41.5 Å². The molecule has 5 fully saturated rings. The van der Waals surface area contributed by atoms with Crippen LogP contribution in [0.2, 0.25) is 0 Å². The van der Waals surface area contributed by atoms with Gasteiger partial charge in [-0.3, -0.25) is 38.8 Å². The summed E-state index contributed by atoms with van der Waals surface area (Å²) < 4.78 is 11.3. The lowest BCUT2D eigenvalue weighted by Gasteiger charge is -2.44. The van der Waals surface area contributed by atoms with Gasteiger partial charge in [-0.2, -0.15) is 0 Å². The van der Waals surface area contributed by atoms with Crippen molar-refractivity contribution < 1.29 is 33.8 Å². The normalized spacial score (nSPS) is 28.6. The highest BCUT2D eigenvalue weighted by atomic mass is 16.5. The SMILES string of the molecule is COc1cc(O)c([C@H]2C3=CC[C@@H]4C(=O)N(C5CCN(Cc6ccccc6)CC5)C(=O)[C@@H]4[C@@H]3C[C@H]3C(=O)N(C4CCN(Cc5ccccc5)CC4)C(=O)[C@@H]23)c(OC)c1. The van der Waals surface area contributed by atoms with Gasteiger partial charge in [0, 0.05) is 75.0 Å².